The van der Waals surface area contributed by atoms with E-state index >= 15 is 0 Å². The Labute approximate surface area is 129 Å². The molecule has 1 aromatic heterocycles. The van der Waals surface area contributed by atoms with E-state index in [1.54, 1.807) is 25.1 Å². The molecule has 4 nitrogen and oxygen atoms in total. The van der Waals surface area contributed by atoms with Crippen molar-refractivity contribution in [1.82, 2.24) is 4.98 Å². The van der Waals surface area contributed by atoms with Crippen LogP contribution in [-0.2, 0) is 6.18 Å². The van der Waals surface area contributed by atoms with Crippen molar-refractivity contribution in [2.75, 3.05) is 0 Å². The Morgan fingerprint density at radius 3 is 2.65 bits per heavy atom. The van der Waals surface area contributed by atoms with Gasteiger partial charge in [-0.25, -0.2) is 9.98 Å². The van der Waals surface area contributed by atoms with E-state index in [-0.39, 0.29) is 11.5 Å². The second kappa shape index (κ2) is 5.42. The maximum atomic E-state index is 12.8. The lowest BCUT2D eigenvalue weighted by molar-refractivity contribution is -0.137. The number of nitrogens with two attached hydrogens (primary N) is 1. The Hall–Kier alpha value is -2.83. The summed E-state index contributed by atoms with van der Waals surface area (Å²) < 4.78 is 43.9. The number of nitrogens with zero attached hydrogens (tertiary/aromatic N) is 2. The summed E-state index contributed by atoms with van der Waals surface area (Å²) in [5.41, 5.74) is 6.58. The summed E-state index contributed by atoms with van der Waals surface area (Å²) in [6.45, 7) is 1.65. The van der Waals surface area contributed by atoms with Gasteiger partial charge in [0.1, 0.15) is 5.52 Å². The molecule has 0 atom stereocenters. The first kappa shape index (κ1) is 15.1. The van der Waals surface area contributed by atoms with E-state index < -0.39 is 11.7 Å². The molecule has 0 bridgehead atoms. The number of amidine groups is 1. The van der Waals surface area contributed by atoms with Gasteiger partial charge in [-0.05, 0) is 37.3 Å². The van der Waals surface area contributed by atoms with E-state index in [2.05, 4.69) is 9.98 Å². The van der Waals surface area contributed by atoms with Crippen LogP contribution >= 0.6 is 0 Å². The van der Waals surface area contributed by atoms with E-state index in [1.807, 2.05) is 0 Å². The molecule has 0 unspecified atom stereocenters. The molecule has 2 N–H and O–H groups in total. The van der Waals surface area contributed by atoms with Gasteiger partial charge in [-0.1, -0.05) is 6.07 Å². The molecule has 0 amide bonds. The molecule has 7 heteroatoms. The molecule has 1 heterocycles. The average molecular weight is 319 g/mol. The fraction of sp³-hybridized carbons (Fsp3) is 0.125. The van der Waals surface area contributed by atoms with Crippen molar-refractivity contribution in [3.05, 3.63) is 48.0 Å². The first-order valence-corrected chi connectivity index (χ1v) is 6.72. The summed E-state index contributed by atoms with van der Waals surface area (Å²) >= 11 is 0. The van der Waals surface area contributed by atoms with Gasteiger partial charge in [0.15, 0.2) is 5.58 Å². The number of aromatic nitrogens is 1. The molecule has 3 aromatic rings. The van der Waals surface area contributed by atoms with Crippen molar-refractivity contribution in [3.8, 4) is 11.5 Å². The fourth-order valence-corrected chi connectivity index (χ4v) is 2.14. The van der Waals surface area contributed by atoms with Crippen molar-refractivity contribution in [2.24, 2.45) is 10.7 Å². The van der Waals surface area contributed by atoms with Gasteiger partial charge in [0.05, 0.1) is 17.1 Å². The molecule has 0 spiro atoms. The number of halogens is 3. The van der Waals surface area contributed by atoms with Gasteiger partial charge in [0.25, 0.3) is 0 Å². The summed E-state index contributed by atoms with van der Waals surface area (Å²) in [6, 6.07) is 9.87. The molecular weight excluding hydrogens is 307 g/mol. The number of oxazole rings is 1. The quantitative estimate of drug-likeness (QED) is 0.558. The number of benzene rings is 2. The third kappa shape index (κ3) is 3.18. The Morgan fingerprint density at radius 2 is 1.96 bits per heavy atom. The van der Waals surface area contributed by atoms with Crippen LogP contribution in [0.5, 0.6) is 0 Å². The maximum Gasteiger partial charge on any atom is 0.416 e. The molecule has 0 fully saturated rings. The number of alkyl halides is 3. The standard InChI is InChI=1S/C16H12F3N3O/c1-9(20)21-12-5-6-13-14(8-12)23-15(22-13)10-3-2-4-11(7-10)16(17,18)19/h2-8H,1H3,(H2,20,21). The summed E-state index contributed by atoms with van der Waals surface area (Å²) in [6.07, 6.45) is -4.41. The molecule has 0 saturated heterocycles. The summed E-state index contributed by atoms with van der Waals surface area (Å²) in [7, 11) is 0. The number of hydrogen-bond donors (Lipinski definition) is 1. The zero-order valence-corrected chi connectivity index (χ0v) is 12.1. The van der Waals surface area contributed by atoms with Gasteiger partial charge in [-0.3, -0.25) is 0 Å². The third-order valence-corrected chi connectivity index (χ3v) is 3.11. The van der Waals surface area contributed by atoms with Crippen molar-refractivity contribution in [1.29, 1.82) is 0 Å². The predicted molar refractivity (Wildman–Crippen MR) is 81.4 cm³/mol. The highest BCUT2D eigenvalue weighted by Crippen LogP contribution is 2.33. The summed E-state index contributed by atoms with van der Waals surface area (Å²) in [4.78, 5) is 8.31. The predicted octanol–water partition coefficient (Wildman–Crippen LogP) is 4.52. The molecule has 0 aliphatic heterocycles. The Balaban J connectivity index is 2.05. The Kier molecular flexibility index (Phi) is 3.55. The van der Waals surface area contributed by atoms with E-state index in [0.29, 0.717) is 22.6 Å². The zero-order valence-electron chi connectivity index (χ0n) is 12.1. The fourth-order valence-electron chi connectivity index (χ4n) is 2.14. The molecular formula is C16H12F3N3O. The smallest absolute Gasteiger partial charge is 0.416 e. The molecule has 0 radical (unpaired) electrons. The molecule has 118 valence electrons. The minimum Gasteiger partial charge on any atom is -0.436 e. The largest absolute Gasteiger partial charge is 0.436 e. The Bertz CT molecular complexity index is 893. The second-order valence-electron chi connectivity index (χ2n) is 5.00. The summed E-state index contributed by atoms with van der Waals surface area (Å²) in [5.74, 6) is 0.513. The van der Waals surface area contributed by atoms with Crippen molar-refractivity contribution in [2.45, 2.75) is 13.1 Å². The van der Waals surface area contributed by atoms with Crippen LogP contribution in [0.1, 0.15) is 12.5 Å². The van der Waals surface area contributed by atoms with Crippen LogP contribution in [0.3, 0.4) is 0 Å². The molecule has 23 heavy (non-hydrogen) atoms. The highest BCUT2D eigenvalue weighted by molar-refractivity contribution is 5.84. The highest BCUT2D eigenvalue weighted by Gasteiger charge is 2.30. The minimum absolute atomic E-state index is 0.122. The lowest BCUT2D eigenvalue weighted by Crippen LogP contribution is -2.04. The Morgan fingerprint density at radius 1 is 1.17 bits per heavy atom. The molecule has 0 aliphatic rings. The first-order chi connectivity index (χ1) is 10.8. The number of hydrogen-bond acceptors (Lipinski definition) is 3. The maximum absolute atomic E-state index is 12.8. The van der Waals surface area contributed by atoms with E-state index in [0.717, 1.165) is 12.1 Å². The molecule has 0 aliphatic carbocycles. The summed E-state index contributed by atoms with van der Waals surface area (Å²) in [5, 5.41) is 0. The van der Waals surface area contributed by atoms with Crippen molar-refractivity contribution < 1.29 is 17.6 Å². The van der Waals surface area contributed by atoms with Gasteiger partial charge in [-0.2, -0.15) is 13.2 Å². The lowest BCUT2D eigenvalue weighted by atomic mass is 10.1. The lowest BCUT2D eigenvalue weighted by Gasteiger charge is -2.06. The highest BCUT2D eigenvalue weighted by atomic mass is 19.4. The average Bonchev–Trinajstić information content (AvgIpc) is 2.89. The normalized spacial score (nSPS) is 12.8. The van der Waals surface area contributed by atoms with Crippen LogP contribution in [0.15, 0.2) is 51.9 Å². The van der Waals surface area contributed by atoms with Crippen molar-refractivity contribution >= 4 is 22.6 Å². The topological polar surface area (TPSA) is 64.4 Å². The number of rotatable bonds is 2. The minimum atomic E-state index is -4.41. The number of aliphatic imine (C=N–C) groups is 1. The van der Waals surface area contributed by atoms with Crippen LogP contribution in [0, 0.1) is 0 Å². The number of fused-ring (bicyclic) bond motifs is 1. The van der Waals surface area contributed by atoms with Crippen molar-refractivity contribution in [3.63, 3.8) is 0 Å². The van der Waals surface area contributed by atoms with Crippen LogP contribution < -0.4 is 5.73 Å². The SMILES string of the molecule is CC(N)=Nc1ccc2nc(-c3cccc(C(F)(F)F)c3)oc2c1. The second-order valence-corrected chi connectivity index (χ2v) is 5.00. The van der Waals surface area contributed by atoms with E-state index in [9.17, 15) is 13.2 Å². The van der Waals surface area contributed by atoms with Gasteiger partial charge in [0.2, 0.25) is 5.89 Å². The van der Waals surface area contributed by atoms with Crippen LogP contribution in [0.2, 0.25) is 0 Å². The third-order valence-electron chi connectivity index (χ3n) is 3.11. The van der Waals surface area contributed by atoms with Crippen LogP contribution in [0.4, 0.5) is 18.9 Å². The van der Waals surface area contributed by atoms with Crippen LogP contribution in [-0.4, -0.2) is 10.8 Å². The van der Waals surface area contributed by atoms with Gasteiger partial charge in [-0.15, -0.1) is 0 Å². The van der Waals surface area contributed by atoms with Crippen LogP contribution in [0.25, 0.3) is 22.6 Å². The van der Waals surface area contributed by atoms with Gasteiger partial charge < -0.3 is 10.2 Å². The van der Waals surface area contributed by atoms with Gasteiger partial charge in [0, 0.05) is 11.6 Å². The van der Waals surface area contributed by atoms with E-state index in [1.165, 1.54) is 12.1 Å². The molecule has 3 rings (SSSR count). The molecule has 0 saturated carbocycles. The van der Waals surface area contributed by atoms with E-state index in [4.69, 9.17) is 10.2 Å². The van der Waals surface area contributed by atoms with Gasteiger partial charge >= 0.3 is 6.18 Å². The molecule has 2 aromatic carbocycles. The monoisotopic (exact) mass is 319 g/mol. The first-order valence-electron chi connectivity index (χ1n) is 6.72. The zero-order chi connectivity index (χ0) is 16.6.